The molecule has 3 fully saturated rings. The average molecular weight is 1390 g/mol. The van der Waals surface area contributed by atoms with Crippen molar-refractivity contribution in [2.24, 2.45) is 0 Å². The van der Waals surface area contributed by atoms with Crippen LogP contribution in [0.3, 0.4) is 0 Å². The molecule has 0 spiro atoms. The molecule has 0 aromatic carbocycles. The van der Waals surface area contributed by atoms with Crippen molar-refractivity contribution < 1.29 is 89.4 Å². The first-order valence-electron chi connectivity index (χ1n) is 39.7. The molecule has 3 heterocycles. The Balaban J connectivity index is 1.38. The van der Waals surface area contributed by atoms with Gasteiger partial charge in [-0.25, -0.2) is 0 Å². The van der Waals surface area contributed by atoms with Gasteiger partial charge in [0.1, 0.15) is 73.2 Å². The van der Waals surface area contributed by atoms with E-state index in [-0.39, 0.29) is 18.9 Å². The van der Waals surface area contributed by atoms with Gasteiger partial charge in [0.05, 0.1) is 38.6 Å². The molecule has 3 saturated heterocycles. The number of allylic oxidation sites excluding steroid dienone is 5. The van der Waals surface area contributed by atoms with Gasteiger partial charge < -0.3 is 89.9 Å². The van der Waals surface area contributed by atoms with Crippen molar-refractivity contribution in [3.05, 3.63) is 36.5 Å². The van der Waals surface area contributed by atoms with E-state index >= 15 is 0 Å². The lowest BCUT2D eigenvalue weighted by molar-refractivity contribution is -0.379. The Morgan fingerprint density at radius 3 is 1.03 bits per heavy atom. The summed E-state index contributed by atoms with van der Waals surface area (Å²) in [5.41, 5.74) is 0. The van der Waals surface area contributed by atoms with E-state index in [2.05, 4.69) is 43.5 Å². The lowest BCUT2D eigenvalue weighted by Gasteiger charge is -2.48. The molecule has 1 amide bonds. The first kappa shape index (κ1) is 89.2. The average Bonchev–Trinajstić information content (AvgIpc) is 0.788. The van der Waals surface area contributed by atoms with Gasteiger partial charge in [0, 0.05) is 6.42 Å². The highest BCUT2D eigenvalue weighted by atomic mass is 16.8. The van der Waals surface area contributed by atoms with Crippen LogP contribution in [-0.4, -0.2) is 193 Å². The highest BCUT2D eigenvalue weighted by Gasteiger charge is 2.53. The molecule has 19 heteroatoms. The second-order valence-electron chi connectivity index (χ2n) is 28.5. The second-order valence-corrected chi connectivity index (χ2v) is 28.5. The molecule has 0 radical (unpaired) electrons. The van der Waals surface area contributed by atoms with E-state index in [1.165, 1.54) is 244 Å². The topological polar surface area (TPSA) is 307 Å². The summed E-state index contributed by atoms with van der Waals surface area (Å²) in [6, 6.07) is -0.995. The first-order chi connectivity index (χ1) is 47.3. The Bertz CT molecular complexity index is 1900. The Morgan fingerprint density at radius 2 is 0.660 bits per heavy atom. The molecule has 17 atom stereocenters. The first-order valence-corrected chi connectivity index (χ1v) is 39.7. The number of aliphatic hydroxyl groups excluding tert-OH is 11. The largest absolute Gasteiger partial charge is 0.394 e. The number of aliphatic hydroxyl groups is 11. The monoisotopic (exact) mass is 1380 g/mol. The molecule has 0 aliphatic carbocycles. The van der Waals surface area contributed by atoms with Crippen LogP contribution in [0.5, 0.6) is 0 Å². The van der Waals surface area contributed by atoms with Crippen LogP contribution in [0.15, 0.2) is 36.5 Å². The highest BCUT2D eigenvalue weighted by Crippen LogP contribution is 2.33. The van der Waals surface area contributed by atoms with Gasteiger partial charge in [-0.2, -0.15) is 0 Å². The summed E-state index contributed by atoms with van der Waals surface area (Å²) in [6.07, 6.45) is 45.7. The Labute approximate surface area is 587 Å². The van der Waals surface area contributed by atoms with Crippen LogP contribution >= 0.6 is 0 Å². The third kappa shape index (κ3) is 40.0. The maximum atomic E-state index is 13.5. The molecule has 3 aliphatic heterocycles. The molecule has 19 nitrogen and oxygen atoms in total. The van der Waals surface area contributed by atoms with Gasteiger partial charge in [0.25, 0.3) is 0 Å². The molecule has 97 heavy (non-hydrogen) atoms. The van der Waals surface area contributed by atoms with E-state index in [0.29, 0.717) is 12.8 Å². The van der Waals surface area contributed by atoms with Crippen LogP contribution in [0.4, 0.5) is 0 Å². The Hall–Kier alpha value is -1.99. The van der Waals surface area contributed by atoms with Gasteiger partial charge in [-0.3, -0.25) is 4.79 Å². The van der Waals surface area contributed by atoms with Gasteiger partial charge in [-0.05, 0) is 44.9 Å². The molecule has 0 aromatic heterocycles. The minimum Gasteiger partial charge on any atom is -0.394 e. The summed E-state index contributed by atoms with van der Waals surface area (Å²) in [7, 11) is 0. The molecule has 0 bridgehead atoms. The lowest BCUT2D eigenvalue weighted by atomic mass is 9.96. The number of rotatable bonds is 63. The summed E-state index contributed by atoms with van der Waals surface area (Å²) < 4.78 is 34.4. The number of hydrogen-bond acceptors (Lipinski definition) is 18. The van der Waals surface area contributed by atoms with Crippen LogP contribution in [0.1, 0.15) is 322 Å². The number of nitrogens with one attached hydrogen (secondary N) is 1. The van der Waals surface area contributed by atoms with Crippen LogP contribution in [0.25, 0.3) is 0 Å². The lowest BCUT2D eigenvalue weighted by Crippen LogP contribution is -2.66. The van der Waals surface area contributed by atoms with Crippen molar-refractivity contribution >= 4 is 5.91 Å². The van der Waals surface area contributed by atoms with Crippen molar-refractivity contribution in [1.29, 1.82) is 0 Å². The van der Waals surface area contributed by atoms with E-state index in [0.717, 1.165) is 44.9 Å². The van der Waals surface area contributed by atoms with Crippen LogP contribution in [0.2, 0.25) is 0 Å². The van der Waals surface area contributed by atoms with Crippen LogP contribution < -0.4 is 5.32 Å². The van der Waals surface area contributed by atoms with E-state index in [1.54, 1.807) is 6.08 Å². The van der Waals surface area contributed by atoms with Crippen molar-refractivity contribution in [3.63, 3.8) is 0 Å². The van der Waals surface area contributed by atoms with Gasteiger partial charge in [-0.15, -0.1) is 0 Å². The van der Waals surface area contributed by atoms with Gasteiger partial charge in [0.15, 0.2) is 18.9 Å². The minimum absolute atomic E-state index is 0.236. The third-order valence-electron chi connectivity index (χ3n) is 19.9. The summed E-state index contributed by atoms with van der Waals surface area (Å²) in [6.45, 7) is 1.76. The predicted octanol–water partition coefficient (Wildman–Crippen LogP) is 12.7. The molecule has 3 rings (SSSR count). The van der Waals surface area contributed by atoms with Crippen molar-refractivity contribution in [3.8, 4) is 0 Å². The number of carbonyl (C=O) groups is 1. The van der Waals surface area contributed by atoms with Gasteiger partial charge in [-0.1, -0.05) is 307 Å². The predicted molar refractivity (Wildman–Crippen MR) is 383 cm³/mol. The number of ether oxygens (including phenoxy) is 6. The molecular weight excluding hydrogens is 1240 g/mol. The van der Waals surface area contributed by atoms with E-state index in [9.17, 15) is 61.0 Å². The second kappa shape index (κ2) is 59.4. The van der Waals surface area contributed by atoms with Crippen molar-refractivity contribution in [1.82, 2.24) is 5.32 Å². The molecule has 3 aliphatic rings. The fraction of sp³-hybridized carbons (Fsp3) is 0.910. The molecule has 12 N–H and O–H groups in total. The zero-order chi connectivity index (χ0) is 70.4. The highest BCUT2D eigenvalue weighted by molar-refractivity contribution is 5.76. The SMILES string of the molecule is CCCCCCCCCCCCC/C=C/CC/C=C/CC/C=C/C(O)C(COC1OC(CO)C(OC2OC(CO)C(OC3OC(CO)C(O)C(O)C3O)C(O)C2O)C(O)C1O)NC(=O)CCCCCCCCCCCCCCCCCCCCCCCCCCCCCCCCC. The number of unbranched alkanes of at least 4 members (excludes halogenated alkanes) is 43. The standard InChI is InChI=1S/C78H145NO18/c1-3-5-7-9-11-13-15-17-19-21-23-25-26-27-28-29-30-31-32-33-34-36-38-40-42-44-46-48-50-52-54-56-66(84)79-61(62(83)55-53-51-49-47-45-43-41-39-37-35-24-22-20-18-16-14-12-10-8-6-4-2)60-92-76-72(90)69(87)74(64(58-81)94-76)97-78-73(91)70(88)75(65(59-82)95-78)96-77-71(89)68(86)67(85)63(57-80)93-77/h37,39,45,47,53,55,61-65,67-78,80-83,85-91H,3-36,38,40-44,46,48-52,54,56-60H2,1-2H3,(H,79,84)/b39-37+,47-45+,55-53+. The van der Waals surface area contributed by atoms with Crippen molar-refractivity contribution in [2.75, 3.05) is 26.4 Å². The van der Waals surface area contributed by atoms with E-state index in [1.807, 2.05) is 6.08 Å². The minimum atomic E-state index is -1.98. The molecule has 17 unspecified atom stereocenters. The van der Waals surface area contributed by atoms with Crippen LogP contribution in [-0.2, 0) is 33.2 Å². The molecule has 0 aromatic rings. The number of carbonyl (C=O) groups excluding carboxylic acids is 1. The van der Waals surface area contributed by atoms with E-state index < -0.39 is 124 Å². The summed E-state index contributed by atoms with van der Waals surface area (Å²) in [4.78, 5) is 13.5. The normalized spacial score (nSPS) is 27.0. The fourth-order valence-electron chi connectivity index (χ4n) is 13.5. The third-order valence-corrected chi connectivity index (χ3v) is 19.9. The maximum Gasteiger partial charge on any atom is 0.220 e. The molecular formula is C78H145NO18. The smallest absolute Gasteiger partial charge is 0.220 e. The zero-order valence-corrected chi connectivity index (χ0v) is 60.8. The van der Waals surface area contributed by atoms with Gasteiger partial charge in [0.2, 0.25) is 5.91 Å². The molecule has 0 saturated carbocycles. The quantitative estimate of drug-likeness (QED) is 0.0199. The molecule has 570 valence electrons. The summed E-state index contributed by atoms with van der Waals surface area (Å²) in [5.74, 6) is -0.283. The summed E-state index contributed by atoms with van der Waals surface area (Å²) in [5, 5.41) is 121. The fourth-order valence-corrected chi connectivity index (χ4v) is 13.5. The Kier molecular flexibility index (Phi) is 54.6. The number of amides is 1. The Morgan fingerprint density at radius 1 is 0.361 bits per heavy atom. The van der Waals surface area contributed by atoms with Gasteiger partial charge >= 0.3 is 0 Å². The summed E-state index contributed by atoms with van der Waals surface area (Å²) >= 11 is 0. The van der Waals surface area contributed by atoms with E-state index in [4.69, 9.17) is 28.4 Å². The zero-order valence-electron chi connectivity index (χ0n) is 60.8. The maximum absolute atomic E-state index is 13.5. The van der Waals surface area contributed by atoms with Crippen molar-refractivity contribution in [2.45, 2.75) is 426 Å². The number of hydrogen-bond donors (Lipinski definition) is 12. The van der Waals surface area contributed by atoms with Crippen LogP contribution in [0, 0.1) is 0 Å².